The van der Waals surface area contributed by atoms with Gasteiger partial charge in [0, 0.05) is 53.7 Å². The fourth-order valence-electron chi connectivity index (χ4n) is 3.05. The lowest BCUT2D eigenvalue weighted by Crippen LogP contribution is -2.07. The van der Waals surface area contributed by atoms with Crippen LogP contribution in [-0.4, -0.2) is 30.7 Å². The molecule has 0 aliphatic heterocycles. The molecule has 0 atom stereocenters. The van der Waals surface area contributed by atoms with Crippen LogP contribution in [0.25, 0.3) is 10.9 Å². The summed E-state index contributed by atoms with van der Waals surface area (Å²) < 4.78 is 25.7. The van der Waals surface area contributed by atoms with Crippen LogP contribution in [0.4, 0.5) is 11.4 Å². The number of nitrogens with one attached hydrogen (secondary N) is 1. The Morgan fingerprint density at radius 3 is 2.63 bits per heavy atom. The third-order valence-electron chi connectivity index (χ3n) is 4.31. The predicted octanol–water partition coefficient (Wildman–Crippen LogP) is 3.80. The standard InChI is InChI=1S/C18H18ClN3O4S/c1-21-11-12(15-5-3-13(19)9-17(15)21)7-8-20-14-4-6-16(22(23)24)18(10-14)27(2,25)26/h3-6,9-11,20H,7-8H2,1-2H3. The first-order valence-electron chi connectivity index (χ1n) is 8.12. The monoisotopic (exact) mass is 407 g/mol. The lowest BCUT2D eigenvalue weighted by atomic mass is 10.1. The molecule has 9 heteroatoms. The number of nitro benzene ring substituents is 1. The summed E-state index contributed by atoms with van der Waals surface area (Å²) in [7, 11) is -1.76. The predicted molar refractivity (Wildman–Crippen MR) is 106 cm³/mol. The lowest BCUT2D eigenvalue weighted by molar-refractivity contribution is -0.387. The van der Waals surface area contributed by atoms with Crippen LogP contribution in [-0.2, 0) is 23.3 Å². The van der Waals surface area contributed by atoms with Crippen LogP contribution in [0, 0.1) is 10.1 Å². The number of hydrogen-bond donors (Lipinski definition) is 1. The van der Waals surface area contributed by atoms with Gasteiger partial charge in [0.1, 0.15) is 4.90 Å². The van der Waals surface area contributed by atoms with Crippen LogP contribution in [0.3, 0.4) is 0 Å². The van der Waals surface area contributed by atoms with E-state index in [9.17, 15) is 18.5 Å². The third kappa shape index (κ3) is 4.06. The van der Waals surface area contributed by atoms with Crippen LogP contribution in [0.2, 0.25) is 5.02 Å². The van der Waals surface area contributed by atoms with Crippen molar-refractivity contribution in [3.63, 3.8) is 0 Å². The first kappa shape index (κ1) is 19.2. The van der Waals surface area contributed by atoms with Gasteiger partial charge in [0.05, 0.1) is 4.92 Å². The lowest BCUT2D eigenvalue weighted by Gasteiger charge is -2.08. The van der Waals surface area contributed by atoms with E-state index in [1.165, 1.54) is 18.2 Å². The van der Waals surface area contributed by atoms with Gasteiger partial charge in [-0.3, -0.25) is 10.1 Å². The molecule has 142 valence electrons. The molecule has 1 aromatic heterocycles. The molecule has 0 aliphatic rings. The van der Waals surface area contributed by atoms with Gasteiger partial charge in [0.15, 0.2) is 9.84 Å². The van der Waals surface area contributed by atoms with E-state index in [4.69, 9.17) is 11.6 Å². The number of aryl methyl sites for hydroxylation is 1. The van der Waals surface area contributed by atoms with E-state index < -0.39 is 20.4 Å². The molecule has 0 saturated heterocycles. The highest BCUT2D eigenvalue weighted by molar-refractivity contribution is 7.90. The number of nitrogens with zero attached hydrogens (tertiary/aromatic N) is 2. The summed E-state index contributed by atoms with van der Waals surface area (Å²) in [5.74, 6) is 0. The van der Waals surface area contributed by atoms with Gasteiger partial charge < -0.3 is 9.88 Å². The second kappa shape index (κ2) is 7.21. The summed E-state index contributed by atoms with van der Waals surface area (Å²) in [6.07, 6.45) is 3.69. The minimum Gasteiger partial charge on any atom is -0.385 e. The Morgan fingerprint density at radius 2 is 1.96 bits per heavy atom. The summed E-state index contributed by atoms with van der Waals surface area (Å²) in [6.45, 7) is 0.544. The van der Waals surface area contributed by atoms with E-state index in [1.54, 1.807) is 0 Å². The molecule has 0 fully saturated rings. The number of nitro groups is 1. The Kier molecular flexibility index (Phi) is 5.12. The van der Waals surface area contributed by atoms with Crippen molar-refractivity contribution in [1.82, 2.24) is 4.57 Å². The molecule has 0 bridgehead atoms. The normalized spacial score (nSPS) is 11.7. The van der Waals surface area contributed by atoms with Crippen LogP contribution >= 0.6 is 11.6 Å². The van der Waals surface area contributed by atoms with Crippen LogP contribution in [0.15, 0.2) is 47.5 Å². The van der Waals surface area contributed by atoms with Crippen molar-refractivity contribution in [1.29, 1.82) is 0 Å². The number of aromatic nitrogens is 1. The Morgan fingerprint density at radius 1 is 1.22 bits per heavy atom. The Hall–Kier alpha value is -2.58. The molecule has 0 unspecified atom stereocenters. The van der Waals surface area contributed by atoms with E-state index in [-0.39, 0.29) is 4.90 Å². The quantitative estimate of drug-likeness (QED) is 0.495. The summed E-state index contributed by atoms with van der Waals surface area (Å²) in [6, 6.07) is 9.74. The van der Waals surface area contributed by atoms with Gasteiger partial charge in [-0.1, -0.05) is 17.7 Å². The van der Waals surface area contributed by atoms with Crippen molar-refractivity contribution in [3.05, 3.63) is 63.3 Å². The summed E-state index contributed by atoms with van der Waals surface area (Å²) in [5.41, 5.74) is 2.26. The fraction of sp³-hybridized carbons (Fsp3) is 0.222. The van der Waals surface area contributed by atoms with E-state index >= 15 is 0 Å². The second-order valence-corrected chi connectivity index (χ2v) is 8.74. The van der Waals surface area contributed by atoms with E-state index in [2.05, 4.69) is 5.32 Å². The van der Waals surface area contributed by atoms with Crippen molar-refractivity contribution in [2.24, 2.45) is 7.05 Å². The molecular weight excluding hydrogens is 390 g/mol. The highest BCUT2D eigenvalue weighted by atomic mass is 35.5. The second-order valence-electron chi connectivity index (χ2n) is 6.32. The summed E-state index contributed by atoms with van der Waals surface area (Å²) in [5, 5.41) is 15.9. The number of benzene rings is 2. The first-order chi connectivity index (χ1) is 12.7. The minimum absolute atomic E-state index is 0.294. The highest BCUT2D eigenvalue weighted by Gasteiger charge is 2.22. The molecule has 0 radical (unpaired) electrons. The highest BCUT2D eigenvalue weighted by Crippen LogP contribution is 2.28. The van der Waals surface area contributed by atoms with Gasteiger partial charge in [-0.25, -0.2) is 8.42 Å². The number of fused-ring (bicyclic) bond motifs is 1. The molecule has 7 nitrogen and oxygen atoms in total. The minimum atomic E-state index is -3.71. The smallest absolute Gasteiger partial charge is 0.288 e. The molecule has 0 amide bonds. The Labute approximate surface area is 161 Å². The van der Waals surface area contributed by atoms with Gasteiger partial charge in [-0.2, -0.15) is 0 Å². The van der Waals surface area contributed by atoms with Crippen molar-refractivity contribution in [2.45, 2.75) is 11.3 Å². The van der Waals surface area contributed by atoms with Crippen molar-refractivity contribution >= 4 is 43.7 Å². The zero-order valence-corrected chi connectivity index (χ0v) is 16.3. The molecule has 3 rings (SSSR count). The summed E-state index contributed by atoms with van der Waals surface area (Å²) in [4.78, 5) is 10.1. The molecule has 2 aromatic carbocycles. The van der Waals surface area contributed by atoms with Crippen LogP contribution < -0.4 is 5.32 Å². The number of hydrogen-bond acceptors (Lipinski definition) is 5. The number of rotatable bonds is 6. The van der Waals surface area contributed by atoms with Gasteiger partial charge >= 0.3 is 0 Å². The van der Waals surface area contributed by atoms with E-state index in [1.807, 2.05) is 36.0 Å². The zero-order chi connectivity index (χ0) is 19.8. The average Bonchev–Trinajstić information content (AvgIpc) is 2.89. The largest absolute Gasteiger partial charge is 0.385 e. The maximum atomic E-state index is 11.8. The van der Waals surface area contributed by atoms with Crippen molar-refractivity contribution in [3.8, 4) is 0 Å². The third-order valence-corrected chi connectivity index (χ3v) is 5.68. The molecule has 0 saturated carbocycles. The van der Waals surface area contributed by atoms with Crippen LogP contribution in [0.1, 0.15) is 5.56 Å². The Balaban J connectivity index is 1.79. The van der Waals surface area contributed by atoms with E-state index in [0.29, 0.717) is 23.7 Å². The molecule has 0 spiro atoms. The average molecular weight is 408 g/mol. The van der Waals surface area contributed by atoms with Crippen LogP contribution in [0.5, 0.6) is 0 Å². The van der Waals surface area contributed by atoms with Gasteiger partial charge in [-0.05, 0) is 36.2 Å². The zero-order valence-electron chi connectivity index (χ0n) is 14.8. The topological polar surface area (TPSA) is 94.2 Å². The molecule has 1 heterocycles. The maximum Gasteiger partial charge on any atom is 0.288 e. The fourth-order valence-corrected chi connectivity index (χ4v) is 4.08. The first-order valence-corrected chi connectivity index (χ1v) is 10.4. The Bertz CT molecular complexity index is 1140. The molecule has 27 heavy (non-hydrogen) atoms. The number of anilines is 1. The molecule has 3 aromatic rings. The van der Waals surface area contributed by atoms with E-state index in [0.717, 1.165) is 22.7 Å². The van der Waals surface area contributed by atoms with Crippen molar-refractivity contribution in [2.75, 3.05) is 18.1 Å². The number of halogens is 1. The van der Waals surface area contributed by atoms with Gasteiger partial charge in [0.2, 0.25) is 0 Å². The maximum absolute atomic E-state index is 11.8. The summed E-state index contributed by atoms with van der Waals surface area (Å²) >= 11 is 6.05. The van der Waals surface area contributed by atoms with Gasteiger partial charge in [0.25, 0.3) is 5.69 Å². The molecular formula is C18H18ClN3O4S. The molecule has 0 aliphatic carbocycles. The molecule has 1 N–H and O–H groups in total. The van der Waals surface area contributed by atoms with Gasteiger partial charge in [-0.15, -0.1) is 0 Å². The number of sulfone groups is 1. The van der Waals surface area contributed by atoms with Crippen molar-refractivity contribution < 1.29 is 13.3 Å². The SMILES string of the molecule is Cn1cc(CCNc2ccc([N+](=O)[O-])c(S(C)(=O)=O)c2)c2ccc(Cl)cc21.